The Hall–Kier alpha value is -2.09. The summed E-state index contributed by atoms with van der Waals surface area (Å²) in [5.41, 5.74) is 2.20. The van der Waals surface area contributed by atoms with Crippen molar-refractivity contribution in [2.24, 2.45) is 5.14 Å². The molecule has 1 aromatic heterocycles. The van der Waals surface area contributed by atoms with Crippen molar-refractivity contribution in [2.45, 2.75) is 9.92 Å². The van der Waals surface area contributed by atoms with Crippen LogP contribution >= 0.6 is 11.8 Å². The molecule has 3 aromatic rings. The summed E-state index contributed by atoms with van der Waals surface area (Å²) in [5.74, 6) is 0. The Balaban J connectivity index is 2.28. The summed E-state index contributed by atoms with van der Waals surface area (Å²) in [4.78, 5) is 0.0490. The van der Waals surface area contributed by atoms with E-state index < -0.39 is 10.0 Å². The lowest BCUT2D eigenvalue weighted by molar-refractivity contribution is 0.596. The second-order valence-corrected chi connectivity index (χ2v) is 7.22. The van der Waals surface area contributed by atoms with Gasteiger partial charge >= 0.3 is 0 Å². The average Bonchev–Trinajstić information content (AvgIpc) is 2.99. The molecule has 2 aromatic carbocycles. The van der Waals surface area contributed by atoms with Crippen LogP contribution in [-0.4, -0.2) is 24.5 Å². The largest absolute Gasteiger partial charge is 0.240 e. The van der Waals surface area contributed by atoms with Gasteiger partial charge in [-0.1, -0.05) is 42.5 Å². The lowest BCUT2D eigenvalue weighted by Gasteiger charge is -2.11. The Morgan fingerprint density at radius 3 is 2.35 bits per heavy atom. The number of thioether (sulfide) groups is 1. The molecule has 0 fully saturated rings. The van der Waals surface area contributed by atoms with Crippen molar-refractivity contribution < 1.29 is 8.42 Å². The summed E-state index contributed by atoms with van der Waals surface area (Å²) in [7, 11) is -3.85. The smallest absolute Gasteiger partial charge is 0.231 e. The second kappa shape index (κ2) is 6.19. The number of rotatable bonds is 4. The molecule has 1 heterocycles. The summed E-state index contributed by atoms with van der Waals surface area (Å²) in [6.45, 7) is 0. The molecule has 7 heteroatoms. The highest BCUT2D eigenvalue weighted by atomic mass is 32.2. The maximum absolute atomic E-state index is 11.9. The third-order valence-corrected chi connectivity index (χ3v) is 4.94. The number of nitrogens with two attached hydrogens (primary N) is 1. The Labute approximate surface area is 139 Å². The molecule has 0 aliphatic heterocycles. The van der Waals surface area contributed by atoms with Crippen LogP contribution in [-0.2, 0) is 10.0 Å². The van der Waals surface area contributed by atoms with Crippen LogP contribution in [0.2, 0.25) is 0 Å². The zero-order valence-corrected chi connectivity index (χ0v) is 14.0. The topological polar surface area (TPSA) is 78.0 Å². The Kier molecular flexibility index (Phi) is 4.25. The van der Waals surface area contributed by atoms with Crippen LogP contribution in [0, 0.1) is 0 Å². The van der Waals surface area contributed by atoms with Crippen LogP contribution in [0.15, 0.2) is 70.6 Å². The van der Waals surface area contributed by atoms with E-state index in [1.165, 1.54) is 17.8 Å². The van der Waals surface area contributed by atoms with E-state index in [0.717, 1.165) is 16.3 Å². The number of sulfonamides is 1. The average molecular weight is 345 g/mol. The minimum absolute atomic E-state index is 0.0490. The predicted octanol–water partition coefficient (Wildman–Crippen LogP) is 2.91. The van der Waals surface area contributed by atoms with E-state index in [2.05, 4.69) is 5.10 Å². The van der Waals surface area contributed by atoms with Gasteiger partial charge in [0.2, 0.25) is 10.0 Å². The van der Waals surface area contributed by atoms with Gasteiger partial charge in [0.15, 0.2) is 0 Å². The number of hydrogen-bond acceptors (Lipinski definition) is 4. The molecule has 0 aliphatic carbocycles. The molecule has 0 aliphatic rings. The van der Waals surface area contributed by atoms with Crippen molar-refractivity contribution in [1.29, 1.82) is 0 Å². The van der Waals surface area contributed by atoms with Gasteiger partial charge in [0.25, 0.3) is 0 Å². The lowest BCUT2D eigenvalue weighted by atomic mass is 10.1. The summed E-state index contributed by atoms with van der Waals surface area (Å²) in [6, 6.07) is 18.2. The highest BCUT2D eigenvalue weighted by Gasteiger charge is 2.19. The highest BCUT2D eigenvalue weighted by Crippen LogP contribution is 2.29. The maximum Gasteiger partial charge on any atom is 0.240 e. The number of primary sulfonamides is 1. The van der Waals surface area contributed by atoms with Crippen molar-refractivity contribution in [2.75, 3.05) is 6.26 Å². The standard InChI is InChI=1S/C16H15N3O2S2/c1-22-16-11-14(12-7-3-2-4-8-12)19(18-16)13-9-5-6-10-15(13)23(17,20)21/h2-11H,1H3,(H2,17,20,21). The molecule has 0 amide bonds. The van der Waals surface area contributed by atoms with Crippen molar-refractivity contribution in [3.05, 3.63) is 60.7 Å². The fourth-order valence-corrected chi connectivity index (χ4v) is 3.44. The molecule has 0 unspecified atom stereocenters. The van der Waals surface area contributed by atoms with Crippen LogP contribution in [0.1, 0.15) is 0 Å². The van der Waals surface area contributed by atoms with E-state index >= 15 is 0 Å². The van der Waals surface area contributed by atoms with Crippen LogP contribution in [0.4, 0.5) is 0 Å². The van der Waals surface area contributed by atoms with E-state index in [1.807, 2.05) is 42.7 Å². The van der Waals surface area contributed by atoms with Crippen molar-refractivity contribution in [1.82, 2.24) is 9.78 Å². The fourth-order valence-electron chi connectivity index (χ4n) is 2.33. The molecule has 2 N–H and O–H groups in total. The molecule has 0 bridgehead atoms. The predicted molar refractivity (Wildman–Crippen MR) is 92.2 cm³/mol. The summed E-state index contributed by atoms with van der Waals surface area (Å²) >= 11 is 1.49. The maximum atomic E-state index is 11.9. The van der Waals surface area contributed by atoms with Crippen LogP contribution in [0.5, 0.6) is 0 Å². The van der Waals surface area contributed by atoms with Crippen LogP contribution in [0.25, 0.3) is 16.9 Å². The Morgan fingerprint density at radius 1 is 1.04 bits per heavy atom. The SMILES string of the molecule is CSc1cc(-c2ccccc2)n(-c2ccccc2S(N)(=O)=O)n1. The fraction of sp³-hybridized carbons (Fsp3) is 0.0625. The van der Waals surface area contributed by atoms with Gasteiger partial charge in [-0.05, 0) is 24.5 Å². The molecule has 0 atom stereocenters. The molecule has 5 nitrogen and oxygen atoms in total. The Bertz CT molecular complexity index is 935. The third kappa shape index (κ3) is 3.17. The molecule has 118 valence electrons. The second-order valence-electron chi connectivity index (χ2n) is 4.86. The minimum atomic E-state index is -3.85. The molecular formula is C16H15N3O2S2. The van der Waals surface area contributed by atoms with E-state index in [-0.39, 0.29) is 4.90 Å². The molecule has 0 saturated heterocycles. The Morgan fingerprint density at radius 2 is 1.70 bits per heavy atom. The first-order chi connectivity index (χ1) is 11.0. The zero-order valence-electron chi connectivity index (χ0n) is 12.4. The summed E-state index contributed by atoms with van der Waals surface area (Å²) in [5, 5.41) is 10.7. The molecule has 0 radical (unpaired) electrons. The highest BCUT2D eigenvalue weighted by molar-refractivity contribution is 7.98. The molecule has 23 heavy (non-hydrogen) atoms. The van der Waals surface area contributed by atoms with E-state index in [9.17, 15) is 8.42 Å². The first kappa shape index (κ1) is 15.8. The van der Waals surface area contributed by atoms with E-state index in [0.29, 0.717) is 5.69 Å². The molecule has 0 saturated carbocycles. The first-order valence-electron chi connectivity index (χ1n) is 6.82. The minimum Gasteiger partial charge on any atom is -0.231 e. The van der Waals surface area contributed by atoms with Gasteiger partial charge in [-0.15, -0.1) is 11.8 Å². The zero-order chi connectivity index (χ0) is 16.4. The van der Waals surface area contributed by atoms with Gasteiger partial charge in [0.05, 0.1) is 11.4 Å². The number of benzene rings is 2. The van der Waals surface area contributed by atoms with Gasteiger partial charge in [-0.2, -0.15) is 5.10 Å². The van der Waals surface area contributed by atoms with Crippen molar-refractivity contribution >= 4 is 21.8 Å². The van der Waals surface area contributed by atoms with Crippen LogP contribution < -0.4 is 5.14 Å². The molecule has 0 spiro atoms. The molecular weight excluding hydrogens is 330 g/mol. The van der Waals surface area contributed by atoms with Crippen molar-refractivity contribution in [3.8, 4) is 16.9 Å². The number of para-hydroxylation sites is 1. The number of nitrogens with zero attached hydrogens (tertiary/aromatic N) is 2. The van der Waals surface area contributed by atoms with Gasteiger partial charge in [0.1, 0.15) is 9.92 Å². The monoisotopic (exact) mass is 345 g/mol. The summed E-state index contributed by atoms with van der Waals surface area (Å²) in [6.07, 6.45) is 1.92. The quantitative estimate of drug-likeness (QED) is 0.738. The van der Waals surface area contributed by atoms with Gasteiger partial charge < -0.3 is 0 Å². The first-order valence-corrected chi connectivity index (χ1v) is 9.59. The van der Waals surface area contributed by atoms with Crippen molar-refractivity contribution in [3.63, 3.8) is 0 Å². The lowest BCUT2D eigenvalue weighted by Crippen LogP contribution is -2.16. The third-order valence-electron chi connectivity index (χ3n) is 3.37. The van der Waals surface area contributed by atoms with Gasteiger partial charge in [-0.25, -0.2) is 18.2 Å². The number of aromatic nitrogens is 2. The molecule has 3 rings (SSSR count). The van der Waals surface area contributed by atoms with Gasteiger partial charge in [0, 0.05) is 5.56 Å². The van der Waals surface area contributed by atoms with Crippen LogP contribution in [0.3, 0.4) is 0 Å². The van der Waals surface area contributed by atoms with E-state index in [1.54, 1.807) is 22.9 Å². The van der Waals surface area contributed by atoms with Gasteiger partial charge in [-0.3, -0.25) is 0 Å². The number of hydrogen-bond donors (Lipinski definition) is 1. The normalized spacial score (nSPS) is 11.6. The summed E-state index contributed by atoms with van der Waals surface area (Å²) < 4.78 is 25.4. The van der Waals surface area contributed by atoms with E-state index in [4.69, 9.17) is 5.14 Å².